The van der Waals surface area contributed by atoms with E-state index in [0.29, 0.717) is 6.54 Å². The minimum absolute atomic E-state index is 0. The van der Waals surface area contributed by atoms with Crippen LogP contribution in [0.1, 0.15) is 41.6 Å². The summed E-state index contributed by atoms with van der Waals surface area (Å²) in [4.78, 5) is 21.7. The lowest BCUT2D eigenvalue weighted by Gasteiger charge is -2.38. The van der Waals surface area contributed by atoms with Crippen LogP contribution in [0.5, 0.6) is 0 Å². The predicted molar refractivity (Wildman–Crippen MR) is 114 cm³/mol. The van der Waals surface area contributed by atoms with Gasteiger partial charge in [0.15, 0.2) is 0 Å². The van der Waals surface area contributed by atoms with Crippen LogP contribution in [0.3, 0.4) is 0 Å². The van der Waals surface area contributed by atoms with Gasteiger partial charge in [0.25, 0.3) is 0 Å². The van der Waals surface area contributed by atoms with Crippen LogP contribution in [0.2, 0.25) is 0 Å². The van der Waals surface area contributed by atoms with Crippen LogP contribution in [0, 0.1) is 0 Å². The van der Waals surface area contributed by atoms with Gasteiger partial charge in [-0.15, -0.1) is 12.4 Å². The lowest BCUT2D eigenvalue weighted by Crippen LogP contribution is -2.50. The molecule has 4 rings (SSSR count). The van der Waals surface area contributed by atoms with Crippen molar-refractivity contribution in [2.45, 2.75) is 31.3 Å². The number of hydrogen-bond acceptors (Lipinski definition) is 4. The number of aromatic nitrogens is 1. The summed E-state index contributed by atoms with van der Waals surface area (Å²) in [6.45, 7) is 3.10. The second kappa shape index (κ2) is 9.50. The average molecular weight is 401 g/mol. The monoisotopic (exact) mass is 400 g/mol. The summed E-state index contributed by atoms with van der Waals surface area (Å²) in [5, 5.41) is 3.45. The van der Waals surface area contributed by atoms with Gasteiger partial charge in [-0.2, -0.15) is 0 Å². The van der Waals surface area contributed by atoms with E-state index in [9.17, 15) is 4.79 Å². The zero-order valence-electron chi connectivity index (χ0n) is 16.4. The topological polar surface area (TPSA) is 48.5 Å². The first-order valence-electron chi connectivity index (χ1n) is 9.92. The fourth-order valence-electron chi connectivity index (χ4n) is 4.43. The average Bonchev–Trinajstić information content (AvgIpc) is 2.74. The summed E-state index contributed by atoms with van der Waals surface area (Å²) in [7, 11) is 1.97. The summed E-state index contributed by atoms with van der Waals surface area (Å²) < 4.78 is 0. The third kappa shape index (κ3) is 4.37. The third-order valence-corrected chi connectivity index (χ3v) is 5.96. The summed E-state index contributed by atoms with van der Waals surface area (Å²) in [6.07, 6.45) is 7.02. The van der Waals surface area contributed by atoms with Gasteiger partial charge < -0.3 is 10.2 Å². The number of hydrogen-bond donors (Lipinski definition) is 1. The maximum absolute atomic E-state index is 13.1. The van der Waals surface area contributed by atoms with Crippen molar-refractivity contribution in [2.24, 2.45) is 0 Å². The van der Waals surface area contributed by atoms with Crippen molar-refractivity contribution < 1.29 is 4.79 Å². The van der Waals surface area contributed by atoms with Crippen molar-refractivity contribution >= 4 is 18.3 Å². The van der Waals surface area contributed by atoms with E-state index in [1.54, 1.807) is 6.20 Å². The number of piperazine rings is 1. The fourth-order valence-corrected chi connectivity index (χ4v) is 4.43. The first kappa shape index (κ1) is 20.8. The van der Waals surface area contributed by atoms with Crippen LogP contribution in [0.15, 0.2) is 48.8 Å². The molecule has 1 aromatic carbocycles. The van der Waals surface area contributed by atoms with E-state index in [1.807, 2.05) is 24.2 Å². The van der Waals surface area contributed by atoms with Crippen LogP contribution in [0.25, 0.3) is 0 Å². The van der Waals surface area contributed by atoms with Crippen LogP contribution in [-0.4, -0.2) is 53.9 Å². The van der Waals surface area contributed by atoms with E-state index in [2.05, 4.69) is 45.5 Å². The molecule has 1 fully saturated rings. The molecule has 1 saturated heterocycles. The molecule has 2 unspecified atom stereocenters. The van der Waals surface area contributed by atoms with E-state index >= 15 is 0 Å². The zero-order chi connectivity index (χ0) is 18.6. The van der Waals surface area contributed by atoms with E-state index in [0.717, 1.165) is 38.9 Å². The molecule has 5 nitrogen and oxygen atoms in total. The predicted octanol–water partition coefficient (Wildman–Crippen LogP) is 2.99. The number of halogens is 1. The number of rotatable bonds is 4. The molecule has 1 aromatic heterocycles. The van der Waals surface area contributed by atoms with Crippen molar-refractivity contribution in [3.63, 3.8) is 0 Å². The van der Waals surface area contributed by atoms with Gasteiger partial charge in [0, 0.05) is 45.1 Å². The van der Waals surface area contributed by atoms with Crippen LogP contribution in [0.4, 0.5) is 0 Å². The quantitative estimate of drug-likeness (QED) is 0.857. The smallest absolute Gasteiger partial charge is 0.237 e. The maximum Gasteiger partial charge on any atom is 0.237 e. The molecule has 1 aliphatic carbocycles. The number of nitrogens with zero attached hydrogens (tertiary/aromatic N) is 3. The molecule has 1 N–H and O–H groups in total. The van der Waals surface area contributed by atoms with E-state index in [-0.39, 0.29) is 30.4 Å². The highest BCUT2D eigenvalue weighted by molar-refractivity contribution is 5.85. The highest BCUT2D eigenvalue weighted by Gasteiger charge is 2.30. The van der Waals surface area contributed by atoms with Crippen molar-refractivity contribution in [1.82, 2.24) is 20.1 Å². The number of fused-ring (bicyclic) bond motifs is 1. The molecule has 0 saturated carbocycles. The number of pyridine rings is 1. The normalized spacial score (nSPS) is 22.0. The van der Waals surface area contributed by atoms with Crippen molar-refractivity contribution in [3.8, 4) is 0 Å². The number of amides is 1. The van der Waals surface area contributed by atoms with Gasteiger partial charge in [-0.05, 0) is 42.0 Å². The molecule has 0 radical (unpaired) electrons. The Morgan fingerprint density at radius 1 is 1.29 bits per heavy atom. The highest BCUT2D eigenvalue weighted by atomic mass is 35.5. The Morgan fingerprint density at radius 3 is 2.96 bits per heavy atom. The van der Waals surface area contributed by atoms with Crippen LogP contribution in [-0.2, 0) is 11.2 Å². The zero-order valence-corrected chi connectivity index (χ0v) is 17.2. The lowest BCUT2D eigenvalue weighted by molar-refractivity contribution is -0.134. The maximum atomic E-state index is 13.1. The van der Waals surface area contributed by atoms with Crippen LogP contribution < -0.4 is 5.32 Å². The van der Waals surface area contributed by atoms with Gasteiger partial charge in [-0.3, -0.25) is 14.7 Å². The molecule has 28 heavy (non-hydrogen) atoms. The molecule has 150 valence electrons. The minimum Gasteiger partial charge on any atom is -0.338 e. The molecule has 1 amide bonds. The Morgan fingerprint density at radius 2 is 2.14 bits per heavy atom. The highest BCUT2D eigenvalue weighted by Crippen LogP contribution is 2.33. The molecule has 2 atom stereocenters. The molecule has 2 heterocycles. The second-order valence-corrected chi connectivity index (χ2v) is 7.59. The summed E-state index contributed by atoms with van der Waals surface area (Å²) in [5.74, 6) is 0.201. The molecular formula is C22H29ClN4O. The number of likely N-dealkylation sites (N-methyl/N-ethyl adjacent to an activating group) is 1. The van der Waals surface area contributed by atoms with Crippen molar-refractivity contribution in [1.29, 1.82) is 0 Å². The first-order valence-corrected chi connectivity index (χ1v) is 9.92. The molecule has 6 heteroatoms. The van der Waals surface area contributed by atoms with Gasteiger partial charge in [0.2, 0.25) is 5.91 Å². The third-order valence-electron chi connectivity index (χ3n) is 5.96. The Balaban J connectivity index is 0.00000225. The SMILES string of the molecule is CN(C(=O)CN1CCNCC1c1cccnc1)C1CCCc2ccccc21.Cl. The first-order chi connectivity index (χ1) is 13.2. The summed E-state index contributed by atoms with van der Waals surface area (Å²) >= 11 is 0. The van der Waals surface area contributed by atoms with Crippen LogP contribution >= 0.6 is 12.4 Å². The minimum atomic E-state index is 0. The molecule has 2 aromatic rings. The molecule has 1 aliphatic heterocycles. The standard InChI is InChI=1S/C22H28N4O.ClH/c1-25(20-10-4-7-17-6-2-3-9-19(17)20)22(27)16-26-13-12-24-15-21(26)18-8-5-11-23-14-18;/h2-3,5-6,8-9,11,14,20-21,24H,4,7,10,12-13,15-16H2,1H3;1H. The van der Waals surface area contributed by atoms with Gasteiger partial charge >= 0.3 is 0 Å². The molecule has 0 spiro atoms. The van der Waals surface area contributed by atoms with Gasteiger partial charge in [-0.1, -0.05) is 30.3 Å². The number of carbonyl (C=O) groups excluding carboxylic acids is 1. The Kier molecular flexibility index (Phi) is 7.05. The van der Waals surface area contributed by atoms with E-state index < -0.39 is 0 Å². The fraction of sp³-hybridized carbons (Fsp3) is 0.455. The number of aryl methyl sites for hydroxylation is 1. The lowest BCUT2D eigenvalue weighted by atomic mass is 9.87. The number of benzene rings is 1. The number of carbonyl (C=O) groups is 1. The summed E-state index contributed by atoms with van der Waals surface area (Å²) in [5.41, 5.74) is 3.88. The van der Waals surface area contributed by atoms with Gasteiger partial charge in [-0.25, -0.2) is 0 Å². The Labute approximate surface area is 173 Å². The van der Waals surface area contributed by atoms with Gasteiger partial charge in [0.05, 0.1) is 12.6 Å². The molecule has 0 bridgehead atoms. The van der Waals surface area contributed by atoms with E-state index in [4.69, 9.17) is 0 Å². The van der Waals surface area contributed by atoms with Crippen molar-refractivity contribution in [2.75, 3.05) is 33.2 Å². The molecular weight excluding hydrogens is 372 g/mol. The Bertz CT molecular complexity index is 785. The Hall–Kier alpha value is -1.95. The molecule has 2 aliphatic rings. The largest absolute Gasteiger partial charge is 0.338 e. The summed E-state index contributed by atoms with van der Waals surface area (Å²) in [6, 6.07) is 13.0. The van der Waals surface area contributed by atoms with Crippen molar-refractivity contribution in [3.05, 3.63) is 65.5 Å². The second-order valence-electron chi connectivity index (χ2n) is 7.59. The van der Waals surface area contributed by atoms with E-state index in [1.165, 1.54) is 16.7 Å². The number of nitrogens with one attached hydrogen (secondary N) is 1. The van der Waals surface area contributed by atoms with Gasteiger partial charge in [0.1, 0.15) is 0 Å².